The highest BCUT2D eigenvalue weighted by atomic mass is 16.4. The molecule has 0 aliphatic rings. The van der Waals surface area contributed by atoms with E-state index in [0.29, 0.717) is 24.3 Å². The van der Waals surface area contributed by atoms with Crippen LogP contribution in [0.1, 0.15) is 21.6 Å². The topological polar surface area (TPSA) is 79.5 Å². The molecule has 0 fully saturated rings. The molecule has 0 aliphatic carbocycles. The van der Waals surface area contributed by atoms with Crippen LogP contribution >= 0.6 is 0 Å². The summed E-state index contributed by atoms with van der Waals surface area (Å²) in [5.74, 6) is -0.996. The SMILES string of the molecule is CN(Cc1ccccn1)Cc1cccc(N)c1C(=O)O. The summed E-state index contributed by atoms with van der Waals surface area (Å²) in [6.07, 6.45) is 1.74. The number of aromatic carboxylic acids is 1. The number of hydrogen-bond acceptors (Lipinski definition) is 4. The fraction of sp³-hybridized carbons (Fsp3) is 0.200. The molecule has 0 atom stereocenters. The lowest BCUT2D eigenvalue weighted by Crippen LogP contribution is -2.20. The summed E-state index contributed by atoms with van der Waals surface area (Å²) in [5.41, 5.74) is 7.86. The van der Waals surface area contributed by atoms with Crippen LogP contribution in [0.2, 0.25) is 0 Å². The van der Waals surface area contributed by atoms with Gasteiger partial charge in [0.2, 0.25) is 0 Å². The van der Waals surface area contributed by atoms with E-state index in [9.17, 15) is 9.90 Å². The maximum absolute atomic E-state index is 11.3. The molecule has 0 amide bonds. The van der Waals surface area contributed by atoms with Crippen LogP contribution in [0.5, 0.6) is 0 Å². The second-order valence-electron chi connectivity index (χ2n) is 4.68. The largest absolute Gasteiger partial charge is 0.478 e. The second-order valence-corrected chi connectivity index (χ2v) is 4.68. The van der Waals surface area contributed by atoms with Crippen molar-refractivity contribution >= 4 is 11.7 Å². The van der Waals surface area contributed by atoms with E-state index in [4.69, 9.17) is 5.73 Å². The first-order valence-corrected chi connectivity index (χ1v) is 6.27. The fourth-order valence-corrected chi connectivity index (χ4v) is 2.13. The maximum Gasteiger partial charge on any atom is 0.338 e. The molecule has 3 N–H and O–H groups in total. The molecule has 5 heteroatoms. The van der Waals surface area contributed by atoms with Crippen molar-refractivity contribution in [3.8, 4) is 0 Å². The molecule has 2 rings (SSSR count). The van der Waals surface area contributed by atoms with Gasteiger partial charge in [0.15, 0.2) is 0 Å². The van der Waals surface area contributed by atoms with Crippen LogP contribution < -0.4 is 5.73 Å². The van der Waals surface area contributed by atoms with Crippen molar-refractivity contribution in [2.75, 3.05) is 12.8 Å². The van der Waals surface area contributed by atoms with E-state index in [1.165, 1.54) is 0 Å². The maximum atomic E-state index is 11.3. The molecule has 0 spiro atoms. The lowest BCUT2D eigenvalue weighted by molar-refractivity contribution is 0.0696. The third kappa shape index (κ3) is 3.33. The van der Waals surface area contributed by atoms with Crippen LogP contribution in [0, 0.1) is 0 Å². The fourth-order valence-electron chi connectivity index (χ4n) is 2.13. The molecule has 0 saturated heterocycles. The van der Waals surface area contributed by atoms with Gasteiger partial charge in [-0.1, -0.05) is 18.2 Å². The first-order valence-electron chi connectivity index (χ1n) is 6.27. The molecule has 2 aromatic rings. The van der Waals surface area contributed by atoms with Crippen molar-refractivity contribution in [1.82, 2.24) is 9.88 Å². The summed E-state index contributed by atoms with van der Waals surface area (Å²) in [4.78, 5) is 17.5. The van der Waals surface area contributed by atoms with Gasteiger partial charge in [0.05, 0.1) is 11.3 Å². The quantitative estimate of drug-likeness (QED) is 0.813. The van der Waals surface area contributed by atoms with Gasteiger partial charge in [-0.2, -0.15) is 0 Å². The number of carbonyl (C=O) groups is 1. The van der Waals surface area contributed by atoms with Gasteiger partial charge in [-0.3, -0.25) is 9.88 Å². The van der Waals surface area contributed by atoms with Crippen molar-refractivity contribution in [3.63, 3.8) is 0 Å². The highest BCUT2D eigenvalue weighted by molar-refractivity contribution is 5.95. The smallest absolute Gasteiger partial charge is 0.338 e. The number of pyridine rings is 1. The van der Waals surface area contributed by atoms with Gasteiger partial charge < -0.3 is 10.8 Å². The minimum absolute atomic E-state index is 0.181. The van der Waals surface area contributed by atoms with Crippen molar-refractivity contribution in [3.05, 3.63) is 59.4 Å². The Balaban J connectivity index is 2.14. The Hall–Kier alpha value is -2.40. The predicted molar refractivity (Wildman–Crippen MR) is 77.2 cm³/mol. The van der Waals surface area contributed by atoms with Gasteiger partial charge in [-0.05, 0) is 30.8 Å². The van der Waals surface area contributed by atoms with E-state index >= 15 is 0 Å². The Bertz CT molecular complexity index is 599. The Kier molecular flexibility index (Phi) is 4.32. The highest BCUT2D eigenvalue weighted by Crippen LogP contribution is 2.19. The van der Waals surface area contributed by atoms with E-state index in [-0.39, 0.29) is 5.56 Å². The molecule has 0 saturated carbocycles. The summed E-state index contributed by atoms with van der Waals surface area (Å²) in [6, 6.07) is 10.9. The highest BCUT2D eigenvalue weighted by Gasteiger charge is 2.15. The average molecular weight is 271 g/mol. The molecule has 1 aromatic carbocycles. The summed E-state index contributed by atoms with van der Waals surface area (Å²) in [6.45, 7) is 1.15. The lowest BCUT2D eigenvalue weighted by Gasteiger charge is -2.18. The molecule has 0 radical (unpaired) electrons. The van der Waals surface area contributed by atoms with Crippen molar-refractivity contribution in [2.24, 2.45) is 0 Å². The van der Waals surface area contributed by atoms with Crippen LogP contribution in [-0.2, 0) is 13.1 Å². The third-order valence-electron chi connectivity index (χ3n) is 3.00. The lowest BCUT2D eigenvalue weighted by atomic mass is 10.1. The van der Waals surface area contributed by atoms with Gasteiger partial charge in [0, 0.05) is 25.0 Å². The van der Waals surface area contributed by atoms with E-state index in [2.05, 4.69) is 4.98 Å². The molecule has 1 aromatic heterocycles. The third-order valence-corrected chi connectivity index (χ3v) is 3.00. The number of nitrogens with zero attached hydrogens (tertiary/aromatic N) is 2. The molecule has 20 heavy (non-hydrogen) atoms. The number of carboxylic acid groups (broad SMARTS) is 1. The van der Waals surface area contributed by atoms with Crippen LogP contribution in [0.25, 0.3) is 0 Å². The molecule has 0 unspecified atom stereocenters. The molecule has 5 nitrogen and oxygen atoms in total. The Labute approximate surface area is 117 Å². The number of anilines is 1. The summed E-state index contributed by atoms with van der Waals surface area (Å²) < 4.78 is 0. The first-order chi connectivity index (χ1) is 9.58. The van der Waals surface area contributed by atoms with Gasteiger partial charge in [0.1, 0.15) is 0 Å². The van der Waals surface area contributed by atoms with Crippen LogP contribution in [0.15, 0.2) is 42.6 Å². The number of nitrogens with two attached hydrogens (primary N) is 1. The van der Waals surface area contributed by atoms with Gasteiger partial charge in [-0.25, -0.2) is 4.79 Å². The molecule has 1 heterocycles. The molecular formula is C15H17N3O2. The van der Waals surface area contributed by atoms with Crippen LogP contribution in [0.3, 0.4) is 0 Å². The zero-order valence-corrected chi connectivity index (χ0v) is 11.3. The first kappa shape index (κ1) is 14.0. The van der Waals surface area contributed by atoms with Crippen molar-refractivity contribution in [2.45, 2.75) is 13.1 Å². The Morgan fingerprint density at radius 3 is 2.70 bits per heavy atom. The Morgan fingerprint density at radius 1 is 1.25 bits per heavy atom. The molecule has 0 bridgehead atoms. The van der Waals surface area contributed by atoms with Crippen molar-refractivity contribution in [1.29, 1.82) is 0 Å². The summed E-state index contributed by atoms with van der Waals surface area (Å²) in [5, 5.41) is 9.24. The van der Waals surface area contributed by atoms with Crippen molar-refractivity contribution < 1.29 is 9.90 Å². The number of carboxylic acids is 1. The normalized spacial score (nSPS) is 10.7. The van der Waals surface area contributed by atoms with E-state index < -0.39 is 5.97 Å². The molecular weight excluding hydrogens is 254 g/mol. The Morgan fingerprint density at radius 2 is 2.05 bits per heavy atom. The minimum Gasteiger partial charge on any atom is -0.478 e. The number of aromatic nitrogens is 1. The predicted octanol–water partition coefficient (Wildman–Crippen LogP) is 1.99. The zero-order valence-electron chi connectivity index (χ0n) is 11.3. The zero-order chi connectivity index (χ0) is 14.5. The number of rotatable bonds is 5. The van der Waals surface area contributed by atoms with Gasteiger partial charge >= 0.3 is 5.97 Å². The number of nitrogen functional groups attached to an aromatic ring is 1. The van der Waals surface area contributed by atoms with Gasteiger partial charge in [-0.15, -0.1) is 0 Å². The standard InChI is InChI=1S/C15H17N3O2/c1-18(10-12-6-2-3-8-17-12)9-11-5-4-7-13(16)14(11)15(19)20/h2-8H,9-10,16H2,1H3,(H,19,20). The van der Waals surface area contributed by atoms with Gasteiger partial charge in [0.25, 0.3) is 0 Å². The molecule has 104 valence electrons. The van der Waals surface area contributed by atoms with Crippen LogP contribution in [0.4, 0.5) is 5.69 Å². The molecule has 0 aliphatic heterocycles. The minimum atomic E-state index is -0.996. The summed E-state index contributed by atoms with van der Waals surface area (Å²) >= 11 is 0. The van der Waals surface area contributed by atoms with E-state index in [1.54, 1.807) is 24.4 Å². The number of benzene rings is 1. The second kappa shape index (κ2) is 6.16. The summed E-state index contributed by atoms with van der Waals surface area (Å²) in [7, 11) is 1.92. The average Bonchev–Trinajstić information content (AvgIpc) is 2.39. The van der Waals surface area contributed by atoms with E-state index in [0.717, 1.165) is 5.69 Å². The van der Waals surface area contributed by atoms with E-state index in [1.807, 2.05) is 30.1 Å². The monoisotopic (exact) mass is 271 g/mol. The van der Waals surface area contributed by atoms with Crippen LogP contribution in [-0.4, -0.2) is 28.0 Å². The number of hydrogen-bond donors (Lipinski definition) is 2.